The summed E-state index contributed by atoms with van der Waals surface area (Å²) in [7, 11) is -0.898. The summed E-state index contributed by atoms with van der Waals surface area (Å²) in [5.74, 6) is 0.516. The van der Waals surface area contributed by atoms with E-state index in [1.807, 2.05) is 0 Å². The van der Waals surface area contributed by atoms with Crippen molar-refractivity contribution in [3.8, 4) is 0 Å². The van der Waals surface area contributed by atoms with Crippen LogP contribution in [0.1, 0.15) is 25.7 Å². The number of nitrogens with zero attached hydrogens (tertiary/aromatic N) is 1. The molecule has 0 saturated carbocycles. The molecule has 2 rings (SSSR count). The summed E-state index contributed by atoms with van der Waals surface area (Å²) in [5, 5.41) is 0. The molecule has 4 nitrogen and oxygen atoms in total. The van der Waals surface area contributed by atoms with Crippen LogP contribution in [0, 0.1) is 5.92 Å². The third-order valence-corrected chi connectivity index (χ3v) is 6.63. The SMILES string of the molecule is CN1C2CCC1CC(CNS(=O)(=O)CBr)C2. The summed E-state index contributed by atoms with van der Waals surface area (Å²) in [4.78, 5) is 2.47. The molecule has 94 valence electrons. The third-order valence-electron chi connectivity index (χ3n) is 3.93. The first-order chi connectivity index (χ1) is 7.52. The average molecular weight is 311 g/mol. The van der Waals surface area contributed by atoms with Gasteiger partial charge < -0.3 is 4.90 Å². The van der Waals surface area contributed by atoms with Crippen molar-refractivity contribution in [3.63, 3.8) is 0 Å². The van der Waals surface area contributed by atoms with E-state index < -0.39 is 10.0 Å². The van der Waals surface area contributed by atoms with Crippen LogP contribution in [0.15, 0.2) is 0 Å². The van der Waals surface area contributed by atoms with Crippen molar-refractivity contribution in [2.75, 3.05) is 18.3 Å². The lowest BCUT2D eigenvalue weighted by molar-refractivity contribution is 0.135. The minimum Gasteiger partial charge on any atom is -0.300 e. The molecule has 2 fully saturated rings. The summed E-state index contributed by atoms with van der Waals surface area (Å²) in [5.41, 5.74) is 0. The molecule has 1 N–H and O–H groups in total. The fourth-order valence-electron chi connectivity index (χ4n) is 2.97. The van der Waals surface area contributed by atoms with E-state index in [1.165, 1.54) is 12.8 Å². The number of nitrogens with one attached hydrogen (secondary N) is 1. The van der Waals surface area contributed by atoms with Gasteiger partial charge in [0.05, 0.1) is 0 Å². The number of fused-ring (bicyclic) bond motifs is 2. The molecular formula is C10H19BrN2O2S. The fourth-order valence-corrected chi connectivity index (χ4v) is 4.03. The second-order valence-electron chi connectivity index (χ2n) is 4.96. The number of halogens is 1. The zero-order valence-electron chi connectivity index (χ0n) is 9.52. The molecule has 0 radical (unpaired) electrons. The van der Waals surface area contributed by atoms with Gasteiger partial charge in [-0.1, -0.05) is 15.9 Å². The Kier molecular flexibility index (Phi) is 3.93. The van der Waals surface area contributed by atoms with Crippen molar-refractivity contribution in [2.24, 2.45) is 5.92 Å². The number of piperidine rings is 1. The standard InChI is InChI=1S/C10H19BrN2O2S/c1-13-9-2-3-10(13)5-8(4-9)6-12-16(14,15)7-11/h8-10,12H,2-7H2,1H3. The van der Waals surface area contributed by atoms with Gasteiger partial charge in [0, 0.05) is 18.6 Å². The molecule has 0 aromatic carbocycles. The highest BCUT2D eigenvalue weighted by molar-refractivity contribution is 9.10. The Morgan fingerprint density at radius 3 is 2.38 bits per heavy atom. The van der Waals surface area contributed by atoms with Crippen LogP contribution in [0.3, 0.4) is 0 Å². The maximum atomic E-state index is 11.3. The Morgan fingerprint density at radius 1 is 1.31 bits per heavy atom. The monoisotopic (exact) mass is 310 g/mol. The molecule has 2 bridgehead atoms. The van der Waals surface area contributed by atoms with E-state index in [2.05, 4.69) is 32.6 Å². The molecule has 2 aliphatic heterocycles. The molecule has 2 unspecified atom stereocenters. The van der Waals surface area contributed by atoms with Crippen molar-refractivity contribution in [2.45, 2.75) is 37.8 Å². The Balaban J connectivity index is 1.85. The van der Waals surface area contributed by atoms with Gasteiger partial charge >= 0.3 is 0 Å². The van der Waals surface area contributed by atoms with E-state index >= 15 is 0 Å². The number of sulfonamides is 1. The lowest BCUT2D eigenvalue weighted by Gasteiger charge is -2.36. The summed E-state index contributed by atoms with van der Waals surface area (Å²) >= 11 is 2.98. The fraction of sp³-hybridized carbons (Fsp3) is 1.00. The summed E-state index contributed by atoms with van der Waals surface area (Å²) in [6.07, 6.45) is 4.83. The van der Waals surface area contributed by atoms with Crippen LogP contribution in [0.4, 0.5) is 0 Å². The lowest BCUT2D eigenvalue weighted by atomic mass is 9.91. The molecule has 2 aliphatic rings. The van der Waals surface area contributed by atoms with Crippen molar-refractivity contribution >= 4 is 26.0 Å². The second-order valence-corrected chi connectivity index (χ2v) is 8.07. The van der Waals surface area contributed by atoms with Crippen molar-refractivity contribution in [1.82, 2.24) is 9.62 Å². The highest BCUT2D eigenvalue weighted by atomic mass is 79.9. The molecule has 0 aromatic rings. The molecule has 0 amide bonds. The Labute approximate surface area is 106 Å². The largest absolute Gasteiger partial charge is 0.300 e. The number of hydrogen-bond donors (Lipinski definition) is 1. The minimum absolute atomic E-state index is 0.000516. The van der Waals surface area contributed by atoms with Crippen molar-refractivity contribution in [3.05, 3.63) is 0 Å². The van der Waals surface area contributed by atoms with E-state index in [9.17, 15) is 8.42 Å². The molecule has 0 aliphatic carbocycles. The highest BCUT2D eigenvalue weighted by Gasteiger charge is 2.38. The zero-order valence-corrected chi connectivity index (χ0v) is 11.9. The molecular weight excluding hydrogens is 292 g/mol. The summed E-state index contributed by atoms with van der Waals surface area (Å²) in [6, 6.07) is 1.36. The minimum atomic E-state index is -3.09. The van der Waals surface area contributed by atoms with Crippen molar-refractivity contribution < 1.29 is 8.42 Å². The predicted octanol–water partition coefficient (Wildman–Crippen LogP) is 1.13. The maximum absolute atomic E-state index is 11.3. The van der Waals surface area contributed by atoms with E-state index in [0.717, 1.165) is 12.8 Å². The van der Waals surface area contributed by atoms with Gasteiger partial charge in [0.15, 0.2) is 0 Å². The Morgan fingerprint density at radius 2 is 1.88 bits per heavy atom. The number of rotatable bonds is 4. The lowest BCUT2D eigenvalue weighted by Crippen LogP contribution is -2.43. The molecule has 0 aromatic heterocycles. The van der Waals surface area contributed by atoms with E-state index in [4.69, 9.17) is 0 Å². The first kappa shape index (κ1) is 12.8. The Bertz CT molecular complexity index is 333. The van der Waals surface area contributed by atoms with Gasteiger partial charge in [0.25, 0.3) is 0 Å². The first-order valence-corrected chi connectivity index (χ1v) is 8.54. The average Bonchev–Trinajstić information content (AvgIpc) is 2.51. The van der Waals surface area contributed by atoms with Gasteiger partial charge in [0.1, 0.15) is 4.66 Å². The molecule has 2 atom stereocenters. The molecule has 2 heterocycles. The predicted molar refractivity (Wildman–Crippen MR) is 68.0 cm³/mol. The van der Waals surface area contributed by atoms with Crippen LogP contribution in [0.5, 0.6) is 0 Å². The summed E-state index contributed by atoms with van der Waals surface area (Å²) in [6.45, 7) is 0.606. The Hall–Kier alpha value is 0.350. The molecule has 0 spiro atoms. The second kappa shape index (κ2) is 4.92. The molecule has 16 heavy (non-hydrogen) atoms. The van der Waals surface area contributed by atoms with Crippen LogP contribution >= 0.6 is 15.9 Å². The van der Waals surface area contributed by atoms with Crippen LogP contribution in [0.2, 0.25) is 0 Å². The van der Waals surface area contributed by atoms with Gasteiger partial charge in [-0.2, -0.15) is 0 Å². The van der Waals surface area contributed by atoms with Crippen LogP contribution in [-0.4, -0.2) is 43.7 Å². The van der Waals surface area contributed by atoms with Gasteiger partial charge in [-0.25, -0.2) is 13.1 Å². The van der Waals surface area contributed by atoms with Gasteiger partial charge in [-0.3, -0.25) is 0 Å². The van der Waals surface area contributed by atoms with Crippen LogP contribution in [-0.2, 0) is 10.0 Å². The topological polar surface area (TPSA) is 49.4 Å². The molecule has 6 heteroatoms. The van der Waals surface area contributed by atoms with Gasteiger partial charge in [-0.05, 0) is 38.6 Å². The molecule has 2 saturated heterocycles. The zero-order chi connectivity index (χ0) is 11.8. The normalized spacial score (nSPS) is 35.5. The van der Waals surface area contributed by atoms with E-state index in [-0.39, 0.29) is 4.66 Å². The summed E-state index contributed by atoms with van der Waals surface area (Å²) < 4.78 is 25.3. The number of hydrogen-bond acceptors (Lipinski definition) is 3. The smallest absolute Gasteiger partial charge is 0.221 e. The van der Waals surface area contributed by atoms with E-state index in [1.54, 1.807) is 0 Å². The van der Waals surface area contributed by atoms with E-state index in [0.29, 0.717) is 24.5 Å². The highest BCUT2D eigenvalue weighted by Crippen LogP contribution is 2.37. The van der Waals surface area contributed by atoms with Crippen LogP contribution < -0.4 is 4.72 Å². The first-order valence-electron chi connectivity index (χ1n) is 5.77. The van der Waals surface area contributed by atoms with Gasteiger partial charge in [-0.15, -0.1) is 0 Å². The van der Waals surface area contributed by atoms with Gasteiger partial charge in [0.2, 0.25) is 10.0 Å². The van der Waals surface area contributed by atoms with Crippen molar-refractivity contribution in [1.29, 1.82) is 0 Å². The quantitative estimate of drug-likeness (QED) is 0.792. The van der Waals surface area contributed by atoms with Crippen LogP contribution in [0.25, 0.3) is 0 Å². The maximum Gasteiger partial charge on any atom is 0.221 e. The third kappa shape index (κ3) is 2.78. The number of alkyl halides is 1.